The van der Waals surface area contributed by atoms with E-state index in [-0.39, 0.29) is 5.78 Å². The molecule has 0 aromatic heterocycles. The van der Waals surface area contributed by atoms with Crippen molar-refractivity contribution in [3.8, 4) is 68.2 Å². The van der Waals surface area contributed by atoms with Gasteiger partial charge >= 0.3 is 0 Å². The first-order valence-corrected chi connectivity index (χ1v) is 22.1. The zero-order valence-corrected chi connectivity index (χ0v) is 36.7. The summed E-state index contributed by atoms with van der Waals surface area (Å²) in [7, 11) is 0. The molecular weight excluding hydrogens is 825 g/mol. The SMILES string of the molecule is C=C/C(=C\C(=C/Cc1ccc(Oc2ccccc2)cc1)C(=O)c1cc(-c2ccc(Oc3ccccc3)cc2)cc(-c2ccc(Oc3ccccc3)cc2)c1)c1ccc(Oc2ccccc2)cc1. The second-order valence-corrected chi connectivity index (χ2v) is 15.7. The number of ether oxygens (including phenoxy) is 4. The minimum atomic E-state index is -0.136. The highest BCUT2D eigenvalue weighted by molar-refractivity contribution is 6.13. The Balaban J connectivity index is 1.08. The van der Waals surface area contributed by atoms with Gasteiger partial charge in [0.25, 0.3) is 0 Å². The van der Waals surface area contributed by atoms with Crippen LogP contribution in [0.1, 0.15) is 21.5 Å². The summed E-state index contributed by atoms with van der Waals surface area (Å²) in [6, 6.07) is 76.4. The van der Waals surface area contributed by atoms with Crippen LogP contribution in [-0.4, -0.2) is 5.78 Å². The van der Waals surface area contributed by atoms with Crippen molar-refractivity contribution in [2.45, 2.75) is 6.42 Å². The van der Waals surface area contributed by atoms with Gasteiger partial charge in [-0.3, -0.25) is 4.79 Å². The van der Waals surface area contributed by atoms with Crippen molar-refractivity contribution in [2.75, 3.05) is 0 Å². The minimum Gasteiger partial charge on any atom is -0.457 e. The standard InChI is InChI=1S/C62H46O5/c1-2-46(47-27-35-59(36-28-47)65-55-17-9-4-10-18-55)41-50(26-23-45-24-33-58(34-25-45)64-54-15-7-3-8-16-54)62(63)53-43-51(48-29-37-60(38-30-48)66-56-19-11-5-12-20-56)42-52(44-53)49-31-39-61(40-32-49)67-57-21-13-6-14-22-57/h2-22,24-44H,1,23H2/b46-41+,50-26+. The predicted molar refractivity (Wildman–Crippen MR) is 271 cm³/mol. The molecule has 0 aliphatic carbocycles. The maximum atomic E-state index is 15.2. The summed E-state index contributed by atoms with van der Waals surface area (Å²) in [4.78, 5) is 15.2. The third-order valence-electron chi connectivity index (χ3n) is 10.9. The Bertz CT molecular complexity index is 3000. The lowest BCUT2D eigenvalue weighted by Gasteiger charge is -2.13. The van der Waals surface area contributed by atoms with Gasteiger partial charge < -0.3 is 18.9 Å². The molecule has 5 heteroatoms. The van der Waals surface area contributed by atoms with Crippen LogP contribution in [0.25, 0.3) is 27.8 Å². The van der Waals surface area contributed by atoms with E-state index >= 15 is 4.79 Å². The molecule has 0 aliphatic rings. The van der Waals surface area contributed by atoms with Crippen molar-refractivity contribution in [3.05, 3.63) is 284 Å². The first kappa shape index (κ1) is 43.3. The maximum absolute atomic E-state index is 15.2. The van der Waals surface area contributed by atoms with Crippen LogP contribution in [0, 0.1) is 0 Å². The van der Waals surface area contributed by atoms with Gasteiger partial charge in [0.2, 0.25) is 0 Å². The molecule has 0 radical (unpaired) electrons. The summed E-state index contributed by atoms with van der Waals surface area (Å²) >= 11 is 0. The molecule has 324 valence electrons. The van der Waals surface area contributed by atoms with Gasteiger partial charge in [-0.1, -0.05) is 140 Å². The molecule has 0 unspecified atom stereocenters. The summed E-state index contributed by atoms with van der Waals surface area (Å²) in [6.45, 7) is 4.18. The zero-order chi connectivity index (χ0) is 45.6. The molecular formula is C62H46O5. The molecule has 0 spiro atoms. The molecule has 67 heavy (non-hydrogen) atoms. The molecule has 0 saturated heterocycles. The van der Waals surface area contributed by atoms with E-state index in [0.717, 1.165) is 67.7 Å². The first-order valence-electron chi connectivity index (χ1n) is 22.1. The van der Waals surface area contributed by atoms with Crippen LogP contribution < -0.4 is 18.9 Å². The van der Waals surface area contributed by atoms with Gasteiger partial charge in [0.15, 0.2) is 5.78 Å². The molecule has 9 aromatic carbocycles. The lowest BCUT2D eigenvalue weighted by molar-refractivity contribution is 0.103. The van der Waals surface area contributed by atoms with Crippen molar-refractivity contribution in [1.29, 1.82) is 0 Å². The smallest absolute Gasteiger partial charge is 0.192 e. The van der Waals surface area contributed by atoms with Crippen LogP contribution in [0.15, 0.2) is 267 Å². The molecule has 0 N–H and O–H groups in total. The highest BCUT2D eigenvalue weighted by atomic mass is 16.5. The van der Waals surface area contributed by atoms with Crippen LogP contribution in [0.2, 0.25) is 0 Å². The Morgan fingerprint density at radius 3 is 1.09 bits per heavy atom. The molecule has 0 atom stereocenters. The van der Waals surface area contributed by atoms with Crippen LogP contribution in [-0.2, 0) is 6.42 Å². The van der Waals surface area contributed by atoms with Gasteiger partial charge in [-0.25, -0.2) is 0 Å². The Labute approximate surface area is 391 Å². The van der Waals surface area contributed by atoms with Crippen LogP contribution in [0.4, 0.5) is 0 Å². The van der Waals surface area contributed by atoms with Crippen LogP contribution in [0.5, 0.6) is 46.0 Å². The first-order chi connectivity index (χ1) is 33.0. The van der Waals surface area contributed by atoms with Crippen molar-refractivity contribution >= 4 is 11.4 Å². The normalized spacial score (nSPS) is 11.3. The Morgan fingerprint density at radius 2 is 0.716 bits per heavy atom. The Hall–Kier alpha value is -8.93. The molecule has 9 aromatic rings. The molecule has 0 amide bonds. The van der Waals surface area contributed by atoms with E-state index in [0.29, 0.717) is 34.8 Å². The van der Waals surface area contributed by atoms with Gasteiger partial charge in [0, 0.05) is 11.1 Å². The average Bonchev–Trinajstić information content (AvgIpc) is 3.38. The topological polar surface area (TPSA) is 54.0 Å². The average molecular weight is 871 g/mol. The van der Waals surface area contributed by atoms with Gasteiger partial charge in [0.05, 0.1) is 0 Å². The van der Waals surface area contributed by atoms with Gasteiger partial charge in [-0.05, 0) is 167 Å². The number of para-hydroxylation sites is 4. The van der Waals surface area contributed by atoms with Crippen LogP contribution >= 0.6 is 0 Å². The number of carbonyl (C=O) groups is 1. The molecule has 0 fully saturated rings. The number of carbonyl (C=O) groups excluding carboxylic acids is 1. The quantitative estimate of drug-likeness (QED) is 0.0518. The largest absolute Gasteiger partial charge is 0.457 e. The lowest BCUT2D eigenvalue weighted by atomic mass is 9.91. The number of hydrogen-bond donors (Lipinski definition) is 0. The molecule has 0 saturated carbocycles. The van der Waals surface area contributed by atoms with Crippen molar-refractivity contribution in [2.24, 2.45) is 0 Å². The summed E-state index contributed by atoms with van der Waals surface area (Å²) in [6.07, 6.45) is 6.19. The third kappa shape index (κ3) is 11.6. The third-order valence-corrected chi connectivity index (χ3v) is 10.9. The van der Waals surface area contributed by atoms with Crippen molar-refractivity contribution in [3.63, 3.8) is 0 Å². The van der Waals surface area contributed by atoms with Gasteiger partial charge in [-0.15, -0.1) is 0 Å². The van der Waals surface area contributed by atoms with E-state index in [2.05, 4.69) is 12.6 Å². The fraction of sp³-hybridized carbons (Fsp3) is 0.0161. The fourth-order valence-electron chi connectivity index (χ4n) is 7.47. The minimum absolute atomic E-state index is 0.136. The summed E-state index contributed by atoms with van der Waals surface area (Å²) in [5.74, 6) is 5.74. The number of rotatable bonds is 17. The second kappa shape index (κ2) is 21.2. The number of ketones is 1. The highest BCUT2D eigenvalue weighted by Gasteiger charge is 2.17. The monoisotopic (exact) mass is 870 g/mol. The fourth-order valence-corrected chi connectivity index (χ4v) is 7.47. The van der Waals surface area contributed by atoms with E-state index in [4.69, 9.17) is 18.9 Å². The summed E-state index contributed by atoms with van der Waals surface area (Å²) < 4.78 is 24.4. The molecule has 0 heterocycles. The van der Waals surface area contributed by atoms with E-state index in [1.54, 1.807) is 6.08 Å². The van der Waals surface area contributed by atoms with E-state index in [1.807, 2.05) is 243 Å². The molecule has 9 rings (SSSR count). The Morgan fingerprint density at radius 1 is 0.373 bits per heavy atom. The highest BCUT2D eigenvalue weighted by Crippen LogP contribution is 2.34. The van der Waals surface area contributed by atoms with Gasteiger partial charge in [-0.2, -0.15) is 0 Å². The predicted octanol–water partition coefficient (Wildman–Crippen LogP) is 16.8. The van der Waals surface area contributed by atoms with Crippen LogP contribution in [0.3, 0.4) is 0 Å². The van der Waals surface area contributed by atoms with E-state index < -0.39 is 0 Å². The van der Waals surface area contributed by atoms with Crippen molar-refractivity contribution in [1.82, 2.24) is 0 Å². The Kier molecular flexibility index (Phi) is 13.7. The summed E-state index contributed by atoms with van der Waals surface area (Å²) in [5, 5.41) is 0. The van der Waals surface area contributed by atoms with E-state index in [1.165, 1.54) is 0 Å². The second-order valence-electron chi connectivity index (χ2n) is 15.7. The van der Waals surface area contributed by atoms with Gasteiger partial charge in [0.1, 0.15) is 46.0 Å². The lowest BCUT2D eigenvalue weighted by Crippen LogP contribution is -2.04. The number of hydrogen-bond acceptors (Lipinski definition) is 5. The number of allylic oxidation sites excluding steroid dienone is 5. The van der Waals surface area contributed by atoms with Crippen molar-refractivity contribution < 1.29 is 23.7 Å². The molecule has 5 nitrogen and oxygen atoms in total. The number of Topliss-reactive ketones (excluding diaryl/α,β-unsaturated/α-hetero) is 1. The number of benzene rings is 9. The molecule has 0 bridgehead atoms. The summed E-state index contributed by atoms with van der Waals surface area (Å²) in [5.41, 5.74) is 7.38. The van der Waals surface area contributed by atoms with E-state index in [9.17, 15) is 0 Å². The zero-order valence-electron chi connectivity index (χ0n) is 36.7. The molecule has 0 aliphatic heterocycles. The maximum Gasteiger partial charge on any atom is 0.192 e.